The first-order valence-corrected chi connectivity index (χ1v) is 9.08. The van der Waals surface area contributed by atoms with Crippen molar-refractivity contribution in [2.24, 2.45) is 0 Å². The minimum Gasteiger partial charge on any atom is -0.365 e. The molecule has 138 valence electrons. The molecule has 0 spiro atoms. The molecular formula is C22H24N4O. The average molecular weight is 360 g/mol. The quantitative estimate of drug-likeness (QED) is 0.678. The highest BCUT2D eigenvalue weighted by atomic mass is 16.1. The predicted molar refractivity (Wildman–Crippen MR) is 109 cm³/mol. The smallest absolute Gasteiger partial charge is 0.275 e. The van der Waals surface area contributed by atoms with E-state index in [2.05, 4.69) is 58.7 Å². The zero-order chi connectivity index (χ0) is 19.2. The Morgan fingerprint density at radius 2 is 1.78 bits per heavy atom. The van der Waals surface area contributed by atoms with Crippen LogP contribution in [-0.4, -0.2) is 15.9 Å². The van der Waals surface area contributed by atoms with E-state index in [0.717, 1.165) is 28.8 Å². The van der Waals surface area contributed by atoms with Gasteiger partial charge in [0, 0.05) is 12.2 Å². The molecule has 27 heavy (non-hydrogen) atoms. The zero-order valence-corrected chi connectivity index (χ0v) is 15.9. The Morgan fingerprint density at radius 3 is 2.44 bits per heavy atom. The Hall–Kier alpha value is -3.21. The number of nitrogens with one attached hydrogen (secondary N) is 2. The standard InChI is InChI=1S/C22H24N4O/c1-4-18-7-5-6-16(3)21(18)26-22(27)19-13-25-20(14-23-19)24-12-17-10-8-15(2)9-11-17/h5-11,13-14H,4,12H2,1-3H3,(H,24,25)(H,26,27). The molecule has 2 aromatic carbocycles. The van der Waals surface area contributed by atoms with Gasteiger partial charge in [-0.3, -0.25) is 4.79 Å². The van der Waals surface area contributed by atoms with E-state index in [4.69, 9.17) is 0 Å². The van der Waals surface area contributed by atoms with Gasteiger partial charge in [-0.25, -0.2) is 9.97 Å². The maximum absolute atomic E-state index is 12.5. The molecule has 0 bridgehead atoms. The van der Waals surface area contributed by atoms with Crippen molar-refractivity contribution in [3.63, 3.8) is 0 Å². The molecule has 2 N–H and O–H groups in total. The van der Waals surface area contributed by atoms with Crippen LogP contribution in [0.3, 0.4) is 0 Å². The van der Waals surface area contributed by atoms with Gasteiger partial charge in [-0.1, -0.05) is 55.0 Å². The van der Waals surface area contributed by atoms with Gasteiger partial charge in [-0.05, 0) is 37.0 Å². The van der Waals surface area contributed by atoms with Crippen LogP contribution in [0.4, 0.5) is 11.5 Å². The Balaban J connectivity index is 1.64. The fourth-order valence-corrected chi connectivity index (χ4v) is 2.81. The van der Waals surface area contributed by atoms with Crippen molar-refractivity contribution in [2.45, 2.75) is 33.7 Å². The molecule has 0 atom stereocenters. The fraction of sp³-hybridized carbons (Fsp3) is 0.227. The molecule has 0 aliphatic rings. The molecule has 0 aliphatic carbocycles. The number of para-hydroxylation sites is 1. The lowest BCUT2D eigenvalue weighted by Gasteiger charge is -2.12. The number of carbonyl (C=O) groups excluding carboxylic acids is 1. The van der Waals surface area contributed by atoms with E-state index in [1.54, 1.807) is 6.20 Å². The molecule has 0 saturated heterocycles. The molecule has 0 aliphatic heterocycles. The van der Waals surface area contributed by atoms with Gasteiger partial charge < -0.3 is 10.6 Å². The average Bonchev–Trinajstić information content (AvgIpc) is 2.69. The van der Waals surface area contributed by atoms with Crippen molar-refractivity contribution in [1.29, 1.82) is 0 Å². The molecule has 3 aromatic rings. The van der Waals surface area contributed by atoms with E-state index in [1.807, 2.05) is 25.1 Å². The topological polar surface area (TPSA) is 66.9 Å². The maximum atomic E-state index is 12.5. The molecule has 0 unspecified atom stereocenters. The van der Waals surface area contributed by atoms with Gasteiger partial charge >= 0.3 is 0 Å². The minimum absolute atomic E-state index is 0.253. The van der Waals surface area contributed by atoms with Crippen LogP contribution >= 0.6 is 0 Å². The number of aryl methyl sites for hydroxylation is 3. The van der Waals surface area contributed by atoms with Gasteiger partial charge in [-0.2, -0.15) is 0 Å². The number of hydrogen-bond acceptors (Lipinski definition) is 4. The second-order valence-corrected chi connectivity index (χ2v) is 6.54. The molecule has 1 amide bonds. The lowest BCUT2D eigenvalue weighted by atomic mass is 10.1. The summed E-state index contributed by atoms with van der Waals surface area (Å²) in [6.45, 7) is 6.77. The number of amides is 1. The van der Waals surface area contributed by atoms with Crippen molar-refractivity contribution in [3.05, 3.63) is 82.8 Å². The van der Waals surface area contributed by atoms with E-state index in [0.29, 0.717) is 18.1 Å². The molecule has 0 radical (unpaired) electrons. The lowest BCUT2D eigenvalue weighted by molar-refractivity contribution is 0.102. The predicted octanol–water partition coefficient (Wildman–Crippen LogP) is 4.52. The highest BCUT2D eigenvalue weighted by Crippen LogP contribution is 2.21. The van der Waals surface area contributed by atoms with Gasteiger partial charge in [0.2, 0.25) is 0 Å². The van der Waals surface area contributed by atoms with E-state index in [1.165, 1.54) is 11.8 Å². The molecule has 5 heteroatoms. The number of aromatic nitrogens is 2. The summed E-state index contributed by atoms with van der Waals surface area (Å²) in [6.07, 6.45) is 3.93. The van der Waals surface area contributed by atoms with Crippen LogP contribution in [0.1, 0.15) is 39.7 Å². The lowest BCUT2D eigenvalue weighted by Crippen LogP contribution is -2.16. The van der Waals surface area contributed by atoms with Crippen LogP contribution in [-0.2, 0) is 13.0 Å². The molecular weight excluding hydrogens is 336 g/mol. The Bertz CT molecular complexity index is 918. The van der Waals surface area contributed by atoms with Crippen molar-refractivity contribution >= 4 is 17.4 Å². The van der Waals surface area contributed by atoms with Crippen molar-refractivity contribution in [2.75, 3.05) is 10.6 Å². The summed E-state index contributed by atoms with van der Waals surface area (Å²) in [5.74, 6) is 0.383. The van der Waals surface area contributed by atoms with Gasteiger partial charge in [-0.15, -0.1) is 0 Å². The Morgan fingerprint density at radius 1 is 1.00 bits per heavy atom. The molecule has 1 heterocycles. The first kappa shape index (κ1) is 18.6. The number of anilines is 2. The fourth-order valence-electron chi connectivity index (χ4n) is 2.81. The summed E-state index contributed by atoms with van der Waals surface area (Å²) in [4.78, 5) is 21.1. The number of rotatable bonds is 6. The van der Waals surface area contributed by atoms with Crippen LogP contribution in [0.15, 0.2) is 54.9 Å². The Labute approximate surface area is 159 Å². The molecule has 5 nitrogen and oxygen atoms in total. The minimum atomic E-state index is -0.253. The number of benzene rings is 2. The summed E-state index contributed by atoms with van der Waals surface area (Å²) in [6, 6.07) is 14.3. The first-order chi connectivity index (χ1) is 13.1. The monoisotopic (exact) mass is 360 g/mol. The van der Waals surface area contributed by atoms with Crippen LogP contribution in [0, 0.1) is 13.8 Å². The van der Waals surface area contributed by atoms with Gasteiger partial charge in [0.15, 0.2) is 0 Å². The highest BCUT2D eigenvalue weighted by Gasteiger charge is 2.12. The Kier molecular flexibility index (Phi) is 5.81. The van der Waals surface area contributed by atoms with Crippen LogP contribution in [0.2, 0.25) is 0 Å². The third-order valence-corrected chi connectivity index (χ3v) is 4.46. The largest absolute Gasteiger partial charge is 0.365 e. The molecule has 3 rings (SSSR count). The normalized spacial score (nSPS) is 10.5. The van der Waals surface area contributed by atoms with Crippen molar-refractivity contribution in [1.82, 2.24) is 9.97 Å². The van der Waals surface area contributed by atoms with E-state index in [9.17, 15) is 4.79 Å². The molecule has 1 aromatic heterocycles. The third-order valence-electron chi connectivity index (χ3n) is 4.46. The second kappa shape index (κ2) is 8.45. The van der Waals surface area contributed by atoms with Crippen LogP contribution in [0.25, 0.3) is 0 Å². The van der Waals surface area contributed by atoms with Gasteiger partial charge in [0.05, 0.1) is 12.4 Å². The van der Waals surface area contributed by atoms with Crippen molar-refractivity contribution < 1.29 is 4.79 Å². The number of hydrogen-bond donors (Lipinski definition) is 2. The SMILES string of the molecule is CCc1cccc(C)c1NC(=O)c1cnc(NCc2ccc(C)cc2)cn1. The third kappa shape index (κ3) is 4.70. The summed E-state index contributed by atoms with van der Waals surface area (Å²) in [7, 11) is 0. The number of carbonyl (C=O) groups is 1. The van der Waals surface area contributed by atoms with E-state index in [-0.39, 0.29) is 5.91 Å². The summed E-state index contributed by atoms with van der Waals surface area (Å²) < 4.78 is 0. The van der Waals surface area contributed by atoms with Crippen molar-refractivity contribution in [3.8, 4) is 0 Å². The van der Waals surface area contributed by atoms with Crippen LogP contribution in [0.5, 0.6) is 0 Å². The highest BCUT2D eigenvalue weighted by molar-refractivity contribution is 6.03. The molecule has 0 fully saturated rings. The van der Waals surface area contributed by atoms with Crippen LogP contribution < -0.4 is 10.6 Å². The maximum Gasteiger partial charge on any atom is 0.275 e. The van der Waals surface area contributed by atoms with Gasteiger partial charge in [0.1, 0.15) is 11.5 Å². The second-order valence-electron chi connectivity index (χ2n) is 6.54. The summed E-state index contributed by atoms with van der Waals surface area (Å²) in [5, 5.41) is 6.19. The van der Waals surface area contributed by atoms with Gasteiger partial charge in [0.25, 0.3) is 5.91 Å². The van der Waals surface area contributed by atoms with E-state index >= 15 is 0 Å². The molecule has 0 saturated carbocycles. The number of nitrogens with zero attached hydrogens (tertiary/aromatic N) is 2. The summed E-state index contributed by atoms with van der Waals surface area (Å²) in [5.41, 5.74) is 5.68. The summed E-state index contributed by atoms with van der Waals surface area (Å²) >= 11 is 0. The first-order valence-electron chi connectivity index (χ1n) is 9.08. The zero-order valence-electron chi connectivity index (χ0n) is 15.9. The van der Waals surface area contributed by atoms with E-state index < -0.39 is 0 Å².